The Morgan fingerprint density at radius 2 is 1.91 bits per heavy atom. The average molecular weight is 428 g/mol. The molecule has 0 saturated carbocycles. The van der Waals surface area contributed by atoms with Crippen molar-refractivity contribution in [1.29, 1.82) is 0 Å². The van der Waals surface area contributed by atoms with Crippen molar-refractivity contribution in [2.75, 3.05) is 13.1 Å². The van der Waals surface area contributed by atoms with Gasteiger partial charge in [-0.05, 0) is 37.5 Å². The minimum absolute atomic E-state index is 0.00825. The van der Waals surface area contributed by atoms with Crippen molar-refractivity contribution in [2.24, 2.45) is 0 Å². The zero-order valence-corrected chi connectivity index (χ0v) is 17.9. The Hall–Kier alpha value is -3.81. The molecule has 8 heteroatoms. The summed E-state index contributed by atoms with van der Waals surface area (Å²) in [7, 11) is 0. The van der Waals surface area contributed by atoms with Gasteiger partial charge in [0.05, 0.1) is 6.54 Å². The monoisotopic (exact) mass is 428 g/mol. The van der Waals surface area contributed by atoms with Crippen LogP contribution in [0.3, 0.4) is 0 Å². The number of fused-ring (bicyclic) bond motifs is 1. The lowest BCUT2D eigenvalue weighted by molar-refractivity contribution is 0.0704. The number of nitrogens with one attached hydrogen (secondary N) is 1. The highest BCUT2D eigenvalue weighted by molar-refractivity contribution is 5.94. The fraction of sp³-hybridized carbons (Fsp3) is 0.292. The molecule has 1 aliphatic rings. The molecule has 2 aromatic heterocycles. The fourth-order valence-corrected chi connectivity index (χ4v) is 4.20. The Kier molecular flexibility index (Phi) is 5.26. The van der Waals surface area contributed by atoms with Gasteiger partial charge >= 0.3 is 0 Å². The van der Waals surface area contributed by atoms with Crippen molar-refractivity contribution in [3.63, 3.8) is 0 Å². The molecule has 1 aliphatic heterocycles. The first kappa shape index (κ1) is 20.1. The van der Waals surface area contributed by atoms with Crippen LogP contribution in [0.15, 0.2) is 59.4 Å². The molecule has 1 fully saturated rings. The number of nitrogens with zero attached hydrogens (tertiary/aromatic N) is 5. The molecular weight excluding hydrogens is 404 g/mol. The molecule has 3 heterocycles. The molecule has 4 aromatic rings. The second kappa shape index (κ2) is 8.37. The summed E-state index contributed by atoms with van der Waals surface area (Å²) >= 11 is 0. The van der Waals surface area contributed by atoms with Crippen molar-refractivity contribution in [1.82, 2.24) is 29.9 Å². The molecule has 32 heavy (non-hydrogen) atoms. The normalized spacial score (nSPS) is 16.4. The predicted octanol–water partition coefficient (Wildman–Crippen LogP) is 2.89. The maximum atomic E-state index is 13.0. The standard InChI is InChI=1S/C24H24N6O2/c1-16-9-11-18(12-10-16)24(32)29-13-5-8-19(15-29)21-25-22-20(23(31)26-21)27-28-30(22)14-17-6-3-2-4-7-17/h2-4,6-7,9-12,19H,5,8,13-15H2,1H3,(H,25,26,31)/t19-/m0/s1. The van der Waals surface area contributed by atoms with Gasteiger partial charge in [-0.3, -0.25) is 9.59 Å². The number of aromatic amines is 1. The maximum Gasteiger partial charge on any atom is 0.281 e. The smallest absolute Gasteiger partial charge is 0.281 e. The van der Waals surface area contributed by atoms with Crippen molar-refractivity contribution < 1.29 is 4.79 Å². The highest BCUT2D eigenvalue weighted by Crippen LogP contribution is 2.26. The zero-order valence-electron chi connectivity index (χ0n) is 17.9. The quantitative estimate of drug-likeness (QED) is 0.539. The summed E-state index contributed by atoms with van der Waals surface area (Å²) in [6.07, 6.45) is 1.71. The molecule has 0 unspecified atom stereocenters. The third-order valence-corrected chi connectivity index (χ3v) is 5.96. The van der Waals surface area contributed by atoms with Gasteiger partial charge in [-0.15, -0.1) is 5.10 Å². The van der Waals surface area contributed by atoms with Crippen molar-refractivity contribution >= 4 is 17.1 Å². The Bertz CT molecular complexity index is 1310. The molecule has 0 bridgehead atoms. The highest BCUT2D eigenvalue weighted by Gasteiger charge is 2.28. The lowest BCUT2D eigenvalue weighted by Gasteiger charge is -2.32. The molecule has 0 aliphatic carbocycles. The first-order chi connectivity index (χ1) is 15.6. The van der Waals surface area contributed by atoms with E-state index in [2.05, 4.69) is 15.3 Å². The number of hydrogen-bond acceptors (Lipinski definition) is 5. The second-order valence-electron chi connectivity index (χ2n) is 8.31. The number of carbonyl (C=O) groups is 1. The van der Waals surface area contributed by atoms with E-state index in [0.29, 0.717) is 36.7 Å². The molecule has 1 amide bonds. The van der Waals surface area contributed by atoms with Gasteiger partial charge in [-0.2, -0.15) is 0 Å². The fourth-order valence-electron chi connectivity index (χ4n) is 4.20. The van der Waals surface area contributed by atoms with E-state index in [9.17, 15) is 9.59 Å². The van der Waals surface area contributed by atoms with Gasteiger partial charge in [0, 0.05) is 24.6 Å². The summed E-state index contributed by atoms with van der Waals surface area (Å²) in [4.78, 5) is 35.1. The molecular formula is C24H24N6O2. The van der Waals surface area contributed by atoms with Crippen LogP contribution in [0.1, 0.15) is 46.1 Å². The lowest BCUT2D eigenvalue weighted by atomic mass is 9.96. The first-order valence-corrected chi connectivity index (χ1v) is 10.8. The van der Waals surface area contributed by atoms with E-state index in [0.717, 1.165) is 24.0 Å². The molecule has 2 aromatic carbocycles. The minimum atomic E-state index is -0.300. The highest BCUT2D eigenvalue weighted by atomic mass is 16.2. The number of likely N-dealkylation sites (tertiary alicyclic amines) is 1. The van der Waals surface area contributed by atoms with Crippen LogP contribution in [0, 0.1) is 6.92 Å². The summed E-state index contributed by atoms with van der Waals surface area (Å²) in [5, 5.41) is 8.18. The number of benzene rings is 2. The number of amides is 1. The number of piperidine rings is 1. The van der Waals surface area contributed by atoms with Gasteiger partial charge in [-0.25, -0.2) is 9.67 Å². The minimum Gasteiger partial charge on any atom is -0.338 e. The lowest BCUT2D eigenvalue weighted by Crippen LogP contribution is -2.40. The summed E-state index contributed by atoms with van der Waals surface area (Å²) in [6.45, 7) is 3.70. The summed E-state index contributed by atoms with van der Waals surface area (Å²) in [5.74, 6) is 0.546. The SMILES string of the molecule is Cc1ccc(C(=O)N2CCC[C@H](c3nc4c(nnn4Cc4ccccc4)c(=O)[nH]3)C2)cc1. The third kappa shape index (κ3) is 3.91. The summed E-state index contributed by atoms with van der Waals surface area (Å²) in [5.41, 5.74) is 3.25. The number of hydrogen-bond donors (Lipinski definition) is 1. The summed E-state index contributed by atoms with van der Waals surface area (Å²) in [6, 6.07) is 17.5. The average Bonchev–Trinajstić information content (AvgIpc) is 3.23. The van der Waals surface area contributed by atoms with E-state index in [4.69, 9.17) is 4.98 Å². The molecule has 1 N–H and O–H groups in total. The van der Waals surface area contributed by atoms with Gasteiger partial charge < -0.3 is 9.88 Å². The van der Waals surface area contributed by atoms with Gasteiger partial charge in [-0.1, -0.05) is 53.2 Å². The third-order valence-electron chi connectivity index (χ3n) is 5.96. The van der Waals surface area contributed by atoms with Crippen LogP contribution >= 0.6 is 0 Å². The van der Waals surface area contributed by atoms with Crippen molar-refractivity contribution in [3.8, 4) is 0 Å². The number of rotatable bonds is 4. The van der Waals surface area contributed by atoms with Crippen LogP contribution < -0.4 is 5.56 Å². The van der Waals surface area contributed by atoms with E-state index in [1.807, 2.05) is 66.4 Å². The van der Waals surface area contributed by atoms with Crippen LogP contribution in [0.2, 0.25) is 0 Å². The van der Waals surface area contributed by atoms with Crippen molar-refractivity contribution in [3.05, 3.63) is 87.5 Å². The molecule has 162 valence electrons. The predicted molar refractivity (Wildman–Crippen MR) is 121 cm³/mol. The number of H-pyrrole nitrogens is 1. The van der Waals surface area contributed by atoms with Crippen LogP contribution in [0.25, 0.3) is 11.2 Å². The maximum absolute atomic E-state index is 13.0. The van der Waals surface area contributed by atoms with Crippen molar-refractivity contribution in [2.45, 2.75) is 32.2 Å². The molecule has 1 atom stereocenters. The zero-order chi connectivity index (χ0) is 22.1. The molecule has 5 rings (SSSR count). The topological polar surface area (TPSA) is 96.8 Å². The Balaban J connectivity index is 1.42. The van der Waals surface area contributed by atoms with Crippen LogP contribution in [-0.4, -0.2) is 48.9 Å². The van der Waals surface area contributed by atoms with Crippen LogP contribution in [-0.2, 0) is 6.54 Å². The molecule has 0 spiro atoms. The Morgan fingerprint density at radius 3 is 2.69 bits per heavy atom. The van der Waals surface area contributed by atoms with Crippen LogP contribution in [0.4, 0.5) is 0 Å². The summed E-state index contributed by atoms with van der Waals surface area (Å²) < 4.78 is 1.65. The van der Waals surface area contributed by atoms with E-state index < -0.39 is 0 Å². The number of carbonyl (C=O) groups excluding carboxylic acids is 1. The second-order valence-corrected chi connectivity index (χ2v) is 8.31. The number of aryl methyl sites for hydroxylation is 1. The Morgan fingerprint density at radius 1 is 1.12 bits per heavy atom. The van der Waals surface area contributed by atoms with Gasteiger partial charge in [0.25, 0.3) is 11.5 Å². The van der Waals surface area contributed by atoms with E-state index in [1.165, 1.54) is 0 Å². The van der Waals surface area contributed by atoms with E-state index in [-0.39, 0.29) is 22.9 Å². The van der Waals surface area contributed by atoms with Gasteiger partial charge in [0.2, 0.25) is 0 Å². The van der Waals surface area contributed by atoms with Gasteiger partial charge in [0.15, 0.2) is 11.2 Å². The molecule has 8 nitrogen and oxygen atoms in total. The Labute approximate surface area is 184 Å². The molecule has 1 saturated heterocycles. The first-order valence-electron chi connectivity index (χ1n) is 10.8. The molecule has 0 radical (unpaired) electrons. The van der Waals surface area contributed by atoms with Crippen LogP contribution in [0.5, 0.6) is 0 Å². The van der Waals surface area contributed by atoms with E-state index >= 15 is 0 Å². The largest absolute Gasteiger partial charge is 0.338 e. The van der Waals surface area contributed by atoms with Gasteiger partial charge in [0.1, 0.15) is 5.82 Å². The van der Waals surface area contributed by atoms with E-state index in [1.54, 1.807) is 4.68 Å². The number of aromatic nitrogens is 5.